The molecule has 110 valence electrons. The van der Waals surface area contributed by atoms with Crippen LogP contribution in [0.3, 0.4) is 0 Å². The molecule has 1 aromatic heterocycles. The normalized spacial score (nSPS) is 31.6. The van der Waals surface area contributed by atoms with Crippen molar-refractivity contribution in [3.63, 3.8) is 0 Å². The predicted molar refractivity (Wildman–Crippen MR) is 77.5 cm³/mol. The molecule has 1 aromatic rings. The fourth-order valence-corrected chi connectivity index (χ4v) is 3.12. The van der Waals surface area contributed by atoms with Crippen molar-refractivity contribution in [2.24, 2.45) is 0 Å². The lowest BCUT2D eigenvalue weighted by molar-refractivity contribution is -0.197. The van der Waals surface area contributed by atoms with Crippen LogP contribution in [0.1, 0.15) is 37.9 Å². The zero-order valence-corrected chi connectivity index (χ0v) is 12.5. The molecule has 0 radical (unpaired) electrons. The summed E-state index contributed by atoms with van der Waals surface area (Å²) in [4.78, 5) is 7.17. The Kier molecular flexibility index (Phi) is 4.06. The molecule has 2 aliphatic heterocycles. The van der Waals surface area contributed by atoms with Gasteiger partial charge >= 0.3 is 0 Å². The highest BCUT2D eigenvalue weighted by atomic mass is 16.7. The van der Waals surface area contributed by atoms with Gasteiger partial charge in [-0.2, -0.15) is 0 Å². The van der Waals surface area contributed by atoms with E-state index >= 15 is 0 Å². The van der Waals surface area contributed by atoms with Crippen molar-refractivity contribution in [1.29, 1.82) is 0 Å². The number of aromatic nitrogens is 1. The SMILES string of the molecule is CC1OCC(C)(c2ncccc2CN2CCCC2)CO1. The molecule has 0 atom stereocenters. The summed E-state index contributed by atoms with van der Waals surface area (Å²) in [6.45, 7) is 8.90. The van der Waals surface area contributed by atoms with E-state index in [1.54, 1.807) is 0 Å². The van der Waals surface area contributed by atoms with E-state index in [0.29, 0.717) is 13.2 Å². The summed E-state index contributed by atoms with van der Waals surface area (Å²) in [5, 5.41) is 0. The van der Waals surface area contributed by atoms with Crippen LogP contribution in [-0.4, -0.2) is 42.5 Å². The summed E-state index contributed by atoms with van der Waals surface area (Å²) in [5.41, 5.74) is 2.32. The van der Waals surface area contributed by atoms with E-state index in [1.165, 1.54) is 31.5 Å². The Morgan fingerprint density at radius 1 is 1.30 bits per heavy atom. The van der Waals surface area contributed by atoms with Gasteiger partial charge in [0, 0.05) is 12.7 Å². The van der Waals surface area contributed by atoms with E-state index in [-0.39, 0.29) is 11.7 Å². The van der Waals surface area contributed by atoms with E-state index in [4.69, 9.17) is 9.47 Å². The van der Waals surface area contributed by atoms with Gasteiger partial charge in [0.2, 0.25) is 0 Å². The van der Waals surface area contributed by atoms with Gasteiger partial charge in [0.15, 0.2) is 6.29 Å². The first-order valence-electron chi connectivity index (χ1n) is 7.57. The standard InChI is InChI=1S/C16H24N2O2/c1-13-19-11-16(2,12-20-13)15-14(6-5-7-17-15)10-18-8-3-4-9-18/h5-7,13H,3-4,8-12H2,1-2H3. The molecule has 3 heterocycles. The van der Waals surface area contributed by atoms with Crippen molar-refractivity contribution in [2.75, 3.05) is 26.3 Å². The first-order chi connectivity index (χ1) is 9.67. The highest BCUT2D eigenvalue weighted by Crippen LogP contribution is 2.31. The van der Waals surface area contributed by atoms with Crippen LogP contribution in [-0.2, 0) is 21.4 Å². The number of pyridine rings is 1. The first kappa shape index (κ1) is 14.0. The molecule has 4 heteroatoms. The quantitative estimate of drug-likeness (QED) is 0.848. The molecular formula is C16H24N2O2. The van der Waals surface area contributed by atoms with Crippen LogP contribution in [0.15, 0.2) is 18.3 Å². The van der Waals surface area contributed by atoms with E-state index in [2.05, 4.69) is 22.9 Å². The van der Waals surface area contributed by atoms with Gasteiger partial charge in [-0.1, -0.05) is 6.07 Å². The number of rotatable bonds is 3. The van der Waals surface area contributed by atoms with Gasteiger partial charge in [-0.15, -0.1) is 0 Å². The van der Waals surface area contributed by atoms with Crippen LogP contribution < -0.4 is 0 Å². The lowest BCUT2D eigenvalue weighted by Crippen LogP contribution is -2.43. The lowest BCUT2D eigenvalue weighted by Gasteiger charge is -2.37. The van der Waals surface area contributed by atoms with Crippen molar-refractivity contribution in [1.82, 2.24) is 9.88 Å². The maximum absolute atomic E-state index is 5.70. The van der Waals surface area contributed by atoms with Crippen molar-refractivity contribution in [3.8, 4) is 0 Å². The zero-order valence-electron chi connectivity index (χ0n) is 12.5. The predicted octanol–water partition coefficient (Wildman–Crippen LogP) is 2.33. The molecule has 0 N–H and O–H groups in total. The third-order valence-electron chi connectivity index (χ3n) is 4.33. The van der Waals surface area contributed by atoms with Gasteiger partial charge in [-0.05, 0) is 51.4 Å². The average Bonchev–Trinajstić information content (AvgIpc) is 2.96. The Balaban J connectivity index is 1.81. The summed E-state index contributed by atoms with van der Waals surface area (Å²) in [6, 6.07) is 4.23. The monoisotopic (exact) mass is 276 g/mol. The average molecular weight is 276 g/mol. The summed E-state index contributed by atoms with van der Waals surface area (Å²) >= 11 is 0. The highest BCUT2D eigenvalue weighted by Gasteiger charge is 2.36. The summed E-state index contributed by atoms with van der Waals surface area (Å²) in [7, 11) is 0. The molecule has 3 rings (SSSR count). The Hall–Kier alpha value is -0.970. The maximum Gasteiger partial charge on any atom is 0.154 e. The number of likely N-dealkylation sites (tertiary alicyclic amines) is 1. The van der Waals surface area contributed by atoms with E-state index in [1.807, 2.05) is 19.2 Å². The summed E-state index contributed by atoms with van der Waals surface area (Å²) < 4.78 is 11.4. The van der Waals surface area contributed by atoms with E-state index < -0.39 is 0 Å². The zero-order chi connectivity index (χ0) is 14.0. The molecule has 2 aliphatic rings. The molecule has 20 heavy (non-hydrogen) atoms. The summed E-state index contributed by atoms with van der Waals surface area (Å²) in [5.74, 6) is 0. The fraction of sp³-hybridized carbons (Fsp3) is 0.688. The van der Waals surface area contributed by atoms with Gasteiger partial charge in [-0.3, -0.25) is 9.88 Å². The molecule has 0 amide bonds. The molecule has 0 bridgehead atoms. The minimum absolute atomic E-state index is 0.103. The van der Waals surface area contributed by atoms with Crippen molar-refractivity contribution >= 4 is 0 Å². The molecule has 0 unspecified atom stereocenters. The smallest absolute Gasteiger partial charge is 0.154 e. The van der Waals surface area contributed by atoms with E-state index in [0.717, 1.165) is 12.2 Å². The molecule has 0 aromatic carbocycles. The summed E-state index contributed by atoms with van der Waals surface area (Å²) in [6.07, 6.45) is 4.41. The minimum atomic E-state index is -0.136. The topological polar surface area (TPSA) is 34.6 Å². The van der Waals surface area contributed by atoms with Crippen LogP contribution in [0.25, 0.3) is 0 Å². The minimum Gasteiger partial charge on any atom is -0.352 e. The second-order valence-corrected chi connectivity index (χ2v) is 6.24. The lowest BCUT2D eigenvalue weighted by atomic mass is 9.84. The Morgan fingerprint density at radius 3 is 2.70 bits per heavy atom. The number of nitrogens with zero attached hydrogens (tertiary/aromatic N) is 2. The van der Waals surface area contributed by atoms with Crippen LogP contribution in [0, 0.1) is 0 Å². The molecular weight excluding hydrogens is 252 g/mol. The molecule has 2 fully saturated rings. The Labute approximate surface area is 121 Å². The van der Waals surface area contributed by atoms with Crippen LogP contribution in [0.4, 0.5) is 0 Å². The molecule has 2 saturated heterocycles. The van der Waals surface area contributed by atoms with Gasteiger partial charge in [0.1, 0.15) is 0 Å². The molecule has 0 saturated carbocycles. The number of hydrogen-bond acceptors (Lipinski definition) is 4. The largest absolute Gasteiger partial charge is 0.352 e. The third-order valence-corrected chi connectivity index (χ3v) is 4.33. The molecule has 0 aliphatic carbocycles. The molecule has 4 nitrogen and oxygen atoms in total. The number of ether oxygens (including phenoxy) is 2. The van der Waals surface area contributed by atoms with E-state index in [9.17, 15) is 0 Å². The maximum atomic E-state index is 5.70. The first-order valence-corrected chi connectivity index (χ1v) is 7.57. The van der Waals surface area contributed by atoms with Gasteiger partial charge in [-0.25, -0.2) is 0 Å². The van der Waals surface area contributed by atoms with Crippen molar-refractivity contribution in [2.45, 2.75) is 44.9 Å². The third kappa shape index (κ3) is 2.87. The van der Waals surface area contributed by atoms with Gasteiger partial charge < -0.3 is 9.47 Å². The fourth-order valence-electron chi connectivity index (χ4n) is 3.12. The highest BCUT2D eigenvalue weighted by molar-refractivity contribution is 5.28. The second-order valence-electron chi connectivity index (χ2n) is 6.24. The Morgan fingerprint density at radius 2 is 2.00 bits per heavy atom. The van der Waals surface area contributed by atoms with Crippen LogP contribution in [0.5, 0.6) is 0 Å². The Bertz CT molecular complexity index is 450. The van der Waals surface area contributed by atoms with Crippen molar-refractivity contribution in [3.05, 3.63) is 29.6 Å². The van der Waals surface area contributed by atoms with Gasteiger partial charge in [0.25, 0.3) is 0 Å². The second kappa shape index (κ2) is 5.80. The van der Waals surface area contributed by atoms with Crippen LogP contribution >= 0.6 is 0 Å². The van der Waals surface area contributed by atoms with Crippen molar-refractivity contribution < 1.29 is 9.47 Å². The molecule has 0 spiro atoms. The van der Waals surface area contributed by atoms with Gasteiger partial charge in [0.05, 0.1) is 24.3 Å². The number of hydrogen-bond donors (Lipinski definition) is 0. The van der Waals surface area contributed by atoms with Crippen LogP contribution in [0.2, 0.25) is 0 Å².